The summed E-state index contributed by atoms with van der Waals surface area (Å²) in [7, 11) is 0. The van der Waals surface area contributed by atoms with E-state index in [-0.39, 0.29) is 0 Å². The summed E-state index contributed by atoms with van der Waals surface area (Å²) < 4.78 is 0. The van der Waals surface area contributed by atoms with Crippen LogP contribution in [0.15, 0.2) is 0 Å². The van der Waals surface area contributed by atoms with Crippen LogP contribution in [0.25, 0.3) is 0 Å². The Morgan fingerprint density at radius 1 is 1.00 bits per heavy atom. The summed E-state index contributed by atoms with van der Waals surface area (Å²) in [5.74, 6) is -1.39. The van der Waals surface area contributed by atoms with E-state index in [0.29, 0.717) is 0 Å². The van der Waals surface area contributed by atoms with Crippen molar-refractivity contribution in [3.8, 4) is 0 Å². The van der Waals surface area contributed by atoms with Gasteiger partial charge in [-0.1, -0.05) is 0 Å². The van der Waals surface area contributed by atoms with Gasteiger partial charge < -0.3 is 30.6 Å². The third-order valence-electron chi connectivity index (χ3n) is 1.98. The van der Waals surface area contributed by atoms with E-state index in [1.165, 1.54) is 0 Å². The van der Waals surface area contributed by atoms with Crippen LogP contribution in [-0.2, 0) is 4.79 Å². The largest absolute Gasteiger partial charge is 0.394 e. The van der Waals surface area contributed by atoms with E-state index < -0.39 is 43.0 Å². The first-order valence-electron chi connectivity index (χ1n) is 4.32. The van der Waals surface area contributed by atoms with Gasteiger partial charge in [0.2, 0.25) is 0 Å². The molecule has 0 aromatic rings. The summed E-state index contributed by atoms with van der Waals surface area (Å²) in [6.45, 7) is -0.882. The Kier molecular flexibility index (Phi) is 6.36. The van der Waals surface area contributed by atoms with E-state index in [1.807, 2.05) is 0 Å². The van der Waals surface area contributed by atoms with Crippen LogP contribution in [-0.4, -0.2) is 78.9 Å². The van der Waals surface area contributed by atoms with Crippen molar-refractivity contribution >= 4 is 5.91 Å². The molecule has 9 nitrogen and oxygen atoms in total. The summed E-state index contributed by atoms with van der Waals surface area (Å²) >= 11 is 0. The molecule has 0 saturated heterocycles. The molecule has 5 atom stereocenters. The quantitative estimate of drug-likeness (QED) is 0.169. The van der Waals surface area contributed by atoms with Gasteiger partial charge in [-0.05, 0) is 0 Å². The maximum absolute atomic E-state index is 10.6. The Hall–Kier alpha value is -0.810. The molecule has 9 heteroatoms. The Morgan fingerprint density at radius 3 is 1.88 bits per heavy atom. The molecule has 0 aliphatic heterocycles. The zero-order valence-corrected chi connectivity index (χ0v) is 8.13. The lowest BCUT2D eigenvalue weighted by atomic mass is 9.99. The van der Waals surface area contributed by atoms with E-state index in [9.17, 15) is 15.0 Å². The first-order chi connectivity index (χ1) is 7.36. The average Bonchev–Trinajstić information content (AvgIpc) is 2.32. The predicted octanol–water partition coefficient (Wildman–Crippen LogP) is -4.71. The summed E-state index contributed by atoms with van der Waals surface area (Å²) in [4.78, 5) is 10.6. The number of hydrogen-bond acceptors (Lipinski definition) is 8. The van der Waals surface area contributed by atoms with Gasteiger partial charge in [0.05, 0.1) is 6.61 Å². The summed E-state index contributed by atoms with van der Waals surface area (Å²) in [5, 5.41) is 62.0. The number of hydrogen-bond donors (Lipinski definition) is 8. The van der Waals surface area contributed by atoms with Crippen molar-refractivity contribution in [1.82, 2.24) is 5.48 Å². The topological polar surface area (TPSA) is 171 Å². The highest BCUT2D eigenvalue weighted by atomic mass is 16.5. The van der Waals surface area contributed by atoms with Crippen molar-refractivity contribution in [2.75, 3.05) is 6.61 Å². The fourth-order valence-corrected chi connectivity index (χ4v) is 0.946. The van der Waals surface area contributed by atoms with Crippen LogP contribution in [0.3, 0.4) is 0 Å². The smallest absolute Gasteiger partial charge is 0.274 e. The maximum atomic E-state index is 10.6. The minimum Gasteiger partial charge on any atom is -0.394 e. The monoisotopic (exact) mass is 241 g/mol. The summed E-state index contributed by atoms with van der Waals surface area (Å²) in [5.41, 5.74) is 1.03. The van der Waals surface area contributed by atoms with Crippen LogP contribution in [0, 0.1) is 0 Å². The number of carbonyl (C=O) groups is 1. The minimum absolute atomic E-state index is 0.882. The Bertz CT molecular complexity index is 224. The second kappa shape index (κ2) is 6.70. The lowest BCUT2D eigenvalue weighted by Crippen LogP contribution is -2.53. The van der Waals surface area contributed by atoms with Crippen molar-refractivity contribution < 1.29 is 40.6 Å². The molecule has 0 rings (SSSR count). The highest BCUT2D eigenvalue weighted by molar-refractivity contribution is 5.79. The molecule has 0 aromatic heterocycles. The molecule has 0 aliphatic rings. The third kappa shape index (κ3) is 3.64. The fraction of sp³-hybridized carbons (Fsp3) is 0.857. The Balaban J connectivity index is 4.47. The highest BCUT2D eigenvalue weighted by Gasteiger charge is 2.36. The summed E-state index contributed by atoms with van der Waals surface area (Å²) in [6.07, 6.45) is -10.1. The lowest BCUT2D eigenvalue weighted by molar-refractivity contribution is -0.162. The molecule has 0 bridgehead atoms. The number of amides is 1. The number of aliphatic hydroxyl groups excluding tert-OH is 6. The van der Waals surface area contributed by atoms with E-state index in [0.717, 1.165) is 5.48 Å². The van der Waals surface area contributed by atoms with Crippen molar-refractivity contribution in [2.45, 2.75) is 30.5 Å². The van der Waals surface area contributed by atoms with E-state index in [2.05, 4.69) is 0 Å². The average molecular weight is 241 g/mol. The van der Waals surface area contributed by atoms with Gasteiger partial charge in [0.25, 0.3) is 5.91 Å². The number of hydroxylamine groups is 1. The van der Waals surface area contributed by atoms with Gasteiger partial charge in [0.1, 0.15) is 24.4 Å². The highest BCUT2D eigenvalue weighted by Crippen LogP contribution is 2.08. The molecule has 0 radical (unpaired) electrons. The van der Waals surface area contributed by atoms with E-state index >= 15 is 0 Å². The number of nitrogens with one attached hydrogen (secondary N) is 1. The fourth-order valence-electron chi connectivity index (χ4n) is 0.946. The minimum atomic E-state index is -2.19. The van der Waals surface area contributed by atoms with Crippen molar-refractivity contribution in [1.29, 1.82) is 0 Å². The molecule has 0 saturated carbocycles. The first-order valence-corrected chi connectivity index (χ1v) is 4.32. The van der Waals surface area contributed by atoms with Gasteiger partial charge in [-0.3, -0.25) is 10.0 Å². The van der Waals surface area contributed by atoms with Gasteiger partial charge in [-0.2, -0.15) is 0 Å². The molecule has 0 aliphatic carbocycles. The van der Waals surface area contributed by atoms with Crippen molar-refractivity contribution in [3.05, 3.63) is 0 Å². The standard InChI is InChI=1S/C7H15NO8/c9-1-2(10)3(11)4(12)5(13)6(14)7(15)8-16/h2-6,9-14,16H,1H2,(H,8,15). The molecule has 0 aromatic carbocycles. The third-order valence-corrected chi connectivity index (χ3v) is 1.98. The predicted molar refractivity (Wildman–Crippen MR) is 47.0 cm³/mol. The Labute approximate surface area is 90.2 Å². The van der Waals surface area contributed by atoms with Crippen LogP contribution in [0.1, 0.15) is 0 Å². The maximum Gasteiger partial charge on any atom is 0.274 e. The normalized spacial score (nSPS) is 20.7. The zero-order valence-electron chi connectivity index (χ0n) is 8.13. The first kappa shape index (κ1) is 15.2. The van der Waals surface area contributed by atoms with Gasteiger partial charge in [-0.15, -0.1) is 0 Å². The molecular formula is C7H15NO8. The lowest BCUT2D eigenvalue weighted by Gasteiger charge is -2.27. The van der Waals surface area contributed by atoms with Crippen LogP contribution in [0.5, 0.6) is 0 Å². The second-order valence-electron chi connectivity index (χ2n) is 3.14. The molecule has 5 unspecified atom stereocenters. The van der Waals surface area contributed by atoms with Gasteiger partial charge in [0, 0.05) is 0 Å². The second-order valence-corrected chi connectivity index (χ2v) is 3.14. The molecule has 8 N–H and O–H groups in total. The van der Waals surface area contributed by atoms with Crippen LogP contribution in [0.2, 0.25) is 0 Å². The molecule has 0 heterocycles. The van der Waals surface area contributed by atoms with Gasteiger partial charge >= 0.3 is 0 Å². The molecular weight excluding hydrogens is 226 g/mol. The number of carbonyl (C=O) groups excluding carboxylic acids is 1. The molecule has 1 amide bonds. The zero-order chi connectivity index (χ0) is 12.9. The van der Waals surface area contributed by atoms with Crippen LogP contribution in [0.4, 0.5) is 0 Å². The van der Waals surface area contributed by atoms with Gasteiger partial charge in [0.15, 0.2) is 6.10 Å². The van der Waals surface area contributed by atoms with E-state index in [1.54, 1.807) is 0 Å². The number of rotatable bonds is 6. The molecule has 16 heavy (non-hydrogen) atoms. The van der Waals surface area contributed by atoms with Gasteiger partial charge in [-0.25, -0.2) is 5.48 Å². The molecule has 96 valence electrons. The van der Waals surface area contributed by atoms with Crippen LogP contribution < -0.4 is 5.48 Å². The van der Waals surface area contributed by atoms with Crippen molar-refractivity contribution in [2.24, 2.45) is 0 Å². The van der Waals surface area contributed by atoms with Crippen molar-refractivity contribution in [3.63, 3.8) is 0 Å². The SMILES string of the molecule is O=C(NO)C(O)C(O)C(O)C(O)C(O)CO. The molecule has 0 fully saturated rings. The van der Waals surface area contributed by atoms with Crippen LogP contribution >= 0.6 is 0 Å². The summed E-state index contributed by atoms with van der Waals surface area (Å²) in [6, 6.07) is 0. The Morgan fingerprint density at radius 2 is 1.50 bits per heavy atom. The number of aliphatic hydroxyl groups is 6. The molecule has 0 spiro atoms. The van der Waals surface area contributed by atoms with E-state index in [4.69, 9.17) is 25.6 Å².